The number of benzene rings is 2. The summed E-state index contributed by atoms with van der Waals surface area (Å²) in [7, 11) is 0. The predicted molar refractivity (Wildman–Crippen MR) is 125 cm³/mol. The van der Waals surface area contributed by atoms with Crippen LogP contribution in [0.15, 0.2) is 60.7 Å². The molecular formula is C26H28N3O4-. The van der Waals surface area contributed by atoms with E-state index in [1.54, 1.807) is 35.2 Å². The average Bonchev–Trinajstić information content (AvgIpc) is 2.84. The highest BCUT2D eigenvalue weighted by atomic mass is 16.4. The molecular weight excluding hydrogens is 418 g/mol. The van der Waals surface area contributed by atoms with Gasteiger partial charge in [0.15, 0.2) is 0 Å². The number of hydrogen-bond acceptors (Lipinski definition) is 5. The van der Waals surface area contributed by atoms with Gasteiger partial charge in [0, 0.05) is 43.8 Å². The van der Waals surface area contributed by atoms with Crippen molar-refractivity contribution >= 4 is 29.2 Å². The third kappa shape index (κ3) is 5.08. The summed E-state index contributed by atoms with van der Waals surface area (Å²) >= 11 is 0. The molecule has 7 heteroatoms. The number of aliphatic carboxylic acids is 1. The van der Waals surface area contributed by atoms with E-state index in [1.807, 2.05) is 12.1 Å². The minimum absolute atomic E-state index is 0.144. The molecule has 0 bridgehead atoms. The number of amides is 2. The quantitative estimate of drug-likeness (QED) is 0.711. The molecule has 172 valence electrons. The van der Waals surface area contributed by atoms with Crippen LogP contribution in [0.4, 0.5) is 11.4 Å². The van der Waals surface area contributed by atoms with Crippen molar-refractivity contribution in [3.05, 3.63) is 71.8 Å². The topological polar surface area (TPSA) is 92.8 Å². The maximum atomic E-state index is 13.3. The lowest BCUT2D eigenvalue weighted by atomic mass is 9.82. The highest BCUT2D eigenvalue weighted by Gasteiger charge is 2.31. The minimum Gasteiger partial charge on any atom is -0.550 e. The van der Waals surface area contributed by atoms with Crippen LogP contribution < -0.4 is 15.3 Å². The zero-order chi connectivity index (χ0) is 23.4. The van der Waals surface area contributed by atoms with Crippen molar-refractivity contribution in [2.75, 3.05) is 36.4 Å². The van der Waals surface area contributed by atoms with Crippen molar-refractivity contribution in [2.45, 2.75) is 19.8 Å². The SMILES string of the molecule is Cc1cccc(N2CCN(C(=O)c3ccccc3NC(=O)[C@H]3CC=CC[C@H]3C(=O)[O-])CC2)c1. The van der Waals surface area contributed by atoms with Crippen LogP contribution in [-0.2, 0) is 9.59 Å². The first-order valence-corrected chi connectivity index (χ1v) is 11.3. The van der Waals surface area contributed by atoms with Crippen LogP contribution in [0.1, 0.15) is 28.8 Å². The molecule has 0 radical (unpaired) electrons. The molecule has 2 aliphatic rings. The van der Waals surface area contributed by atoms with Gasteiger partial charge in [0.2, 0.25) is 5.91 Å². The Bertz CT molecular complexity index is 1070. The smallest absolute Gasteiger partial charge is 0.256 e. The first kappa shape index (κ1) is 22.6. The number of hydrogen-bond donors (Lipinski definition) is 1. The standard InChI is InChI=1S/C26H29N3O4/c1-18-7-6-8-19(17-18)28-13-15-29(16-14-28)25(31)22-11-4-5-12-23(22)27-24(30)20-9-2-3-10-21(20)26(32)33/h2-8,11-12,17,20-21H,9-10,13-16H2,1H3,(H,27,30)(H,32,33)/p-1/t20-,21+/m0/s1. The number of anilines is 2. The van der Waals surface area contributed by atoms with E-state index in [2.05, 4.69) is 35.3 Å². The van der Waals surface area contributed by atoms with Gasteiger partial charge in [-0.05, 0) is 49.6 Å². The molecule has 1 heterocycles. The van der Waals surface area contributed by atoms with Crippen molar-refractivity contribution < 1.29 is 19.5 Å². The zero-order valence-corrected chi connectivity index (χ0v) is 18.7. The Morgan fingerprint density at radius 2 is 1.61 bits per heavy atom. The highest BCUT2D eigenvalue weighted by Crippen LogP contribution is 2.28. The van der Waals surface area contributed by atoms with Crippen molar-refractivity contribution in [3.8, 4) is 0 Å². The van der Waals surface area contributed by atoms with Gasteiger partial charge in [0.25, 0.3) is 5.91 Å². The largest absolute Gasteiger partial charge is 0.550 e. The Balaban J connectivity index is 1.44. The molecule has 2 amide bonds. The van der Waals surface area contributed by atoms with Crippen LogP contribution in [0.5, 0.6) is 0 Å². The van der Waals surface area contributed by atoms with E-state index in [0.717, 1.165) is 18.8 Å². The second-order valence-corrected chi connectivity index (χ2v) is 8.63. The Morgan fingerprint density at radius 3 is 2.30 bits per heavy atom. The van der Waals surface area contributed by atoms with Crippen molar-refractivity contribution in [3.63, 3.8) is 0 Å². The Hall–Kier alpha value is -3.61. The average molecular weight is 447 g/mol. The third-order valence-corrected chi connectivity index (χ3v) is 6.42. The van der Waals surface area contributed by atoms with Gasteiger partial charge in [0.1, 0.15) is 0 Å². The van der Waals surface area contributed by atoms with Crippen LogP contribution >= 0.6 is 0 Å². The number of aryl methyl sites for hydroxylation is 1. The lowest BCUT2D eigenvalue weighted by Gasteiger charge is -2.36. The van der Waals surface area contributed by atoms with Crippen LogP contribution in [0, 0.1) is 18.8 Å². The van der Waals surface area contributed by atoms with E-state index in [0.29, 0.717) is 30.8 Å². The second-order valence-electron chi connectivity index (χ2n) is 8.63. The summed E-state index contributed by atoms with van der Waals surface area (Å²) in [4.78, 5) is 41.7. The van der Waals surface area contributed by atoms with Gasteiger partial charge >= 0.3 is 0 Å². The summed E-state index contributed by atoms with van der Waals surface area (Å²) in [5.74, 6) is -3.36. The molecule has 0 saturated carbocycles. The number of nitrogens with one attached hydrogen (secondary N) is 1. The summed E-state index contributed by atoms with van der Waals surface area (Å²) < 4.78 is 0. The van der Waals surface area contributed by atoms with Gasteiger partial charge in [-0.2, -0.15) is 0 Å². The van der Waals surface area contributed by atoms with Crippen molar-refractivity contribution in [1.82, 2.24) is 4.90 Å². The maximum absolute atomic E-state index is 13.3. The van der Waals surface area contributed by atoms with E-state index < -0.39 is 23.7 Å². The number of nitrogens with zero attached hydrogens (tertiary/aromatic N) is 2. The molecule has 0 spiro atoms. The molecule has 1 fully saturated rings. The fourth-order valence-electron chi connectivity index (χ4n) is 4.53. The Labute approximate surface area is 193 Å². The zero-order valence-electron chi connectivity index (χ0n) is 18.7. The van der Waals surface area contributed by atoms with Crippen LogP contribution in [-0.4, -0.2) is 48.9 Å². The summed E-state index contributed by atoms with van der Waals surface area (Å²) in [6.45, 7) is 4.68. The molecule has 7 nitrogen and oxygen atoms in total. The molecule has 1 aliphatic carbocycles. The molecule has 1 aliphatic heterocycles. The van der Waals surface area contributed by atoms with Crippen molar-refractivity contribution in [2.24, 2.45) is 11.8 Å². The number of carbonyl (C=O) groups is 3. The molecule has 1 N–H and O–H groups in total. The number of allylic oxidation sites excluding steroid dienone is 2. The lowest BCUT2D eigenvalue weighted by Crippen LogP contribution is -2.49. The summed E-state index contributed by atoms with van der Waals surface area (Å²) in [6.07, 6.45) is 4.18. The van der Waals surface area contributed by atoms with Crippen LogP contribution in [0.3, 0.4) is 0 Å². The highest BCUT2D eigenvalue weighted by molar-refractivity contribution is 6.04. The summed E-state index contributed by atoms with van der Waals surface area (Å²) in [5.41, 5.74) is 3.16. The van der Waals surface area contributed by atoms with Gasteiger partial charge in [-0.3, -0.25) is 9.59 Å². The minimum atomic E-state index is -1.23. The number of carbonyl (C=O) groups excluding carboxylic acids is 3. The first-order valence-electron chi connectivity index (χ1n) is 11.3. The number of rotatable bonds is 5. The molecule has 4 rings (SSSR count). The summed E-state index contributed by atoms with van der Waals surface area (Å²) in [5, 5.41) is 14.3. The second kappa shape index (κ2) is 9.90. The number of piperazine rings is 1. The first-order chi connectivity index (χ1) is 15.9. The van der Waals surface area contributed by atoms with Gasteiger partial charge in [-0.1, -0.05) is 36.4 Å². The van der Waals surface area contributed by atoms with Gasteiger partial charge in [0.05, 0.1) is 17.2 Å². The van der Waals surface area contributed by atoms with Crippen molar-refractivity contribution in [1.29, 1.82) is 0 Å². The Morgan fingerprint density at radius 1 is 0.909 bits per heavy atom. The molecule has 2 aromatic carbocycles. The molecule has 1 saturated heterocycles. The monoisotopic (exact) mass is 446 g/mol. The van der Waals surface area contributed by atoms with E-state index >= 15 is 0 Å². The fraction of sp³-hybridized carbons (Fsp3) is 0.346. The van der Waals surface area contributed by atoms with Gasteiger partial charge in [-0.25, -0.2) is 0 Å². The number of para-hydroxylation sites is 1. The fourth-order valence-corrected chi connectivity index (χ4v) is 4.53. The molecule has 33 heavy (non-hydrogen) atoms. The summed E-state index contributed by atoms with van der Waals surface area (Å²) in [6, 6.07) is 15.2. The number of carboxylic acids is 1. The Kier molecular flexibility index (Phi) is 6.77. The van der Waals surface area contributed by atoms with E-state index in [9.17, 15) is 19.5 Å². The van der Waals surface area contributed by atoms with Crippen LogP contribution in [0.25, 0.3) is 0 Å². The maximum Gasteiger partial charge on any atom is 0.256 e. The molecule has 2 atom stereocenters. The lowest BCUT2D eigenvalue weighted by molar-refractivity contribution is -0.313. The van der Waals surface area contributed by atoms with E-state index in [-0.39, 0.29) is 12.3 Å². The molecule has 2 aromatic rings. The van der Waals surface area contributed by atoms with E-state index in [1.165, 1.54) is 5.56 Å². The molecule has 0 unspecified atom stereocenters. The third-order valence-electron chi connectivity index (χ3n) is 6.42. The predicted octanol–water partition coefficient (Wildman–Crippen LogP) is 2.23. The van der Waals surface area contributed by atoms with E-state index in [4.69, 9.17) is 0 Å². The van der Waals surface area contributed by atoms with Gasteiger partial charge < -0.3 is 25.0 Å². The van der Waals surface area contributed by atoms with Gasteiger partial charge in [-0.15, -0.1) is 0 Å². The normalized spacial score (nSPS) is 20.4. The number of carboxylic acid groups (broad SMARTS) is 1. The molecule has 0 aromatic heterocycles. The van der Waals surface area contributed by atoms with Crippen LogP contribution in [0.2, 0.25) is 0 Å².